The van der Waals surface area contributed by atoms with Crippen molar-refractivity contribution < 1.29 is 4.79 Å². The van der Waals surface area contributed by atoms with Crippen LogP contribution in [0.25, 0.3) is 6.08 Å². The van der Waals surface area contributed by atoms with Gasteiger partial charge < -0.3 is 5.32 Å². The van der Waals surface area contributed by atoms with Crippen molar-refractivity contribution in [1.29, 1.82) is 10.5 Å². The topological polar surface area (TPSA) is 76.7 Å². The van der Waals surface area contributed by atoms with Crippen molar-refractivity contribution in [2.75, 3.05) is 5.32 Å². The Morgan fingerprint density at radius 3 is 2.39 bits per heavy atom. The number of nitrogens with zero attached hydrogens (tertiary/aromatic N) is 2. The van der Waals surface area contributed by atoms with Gasteiger partial charge in [-0.05, 0) is 42.0 Å². The van der Waals surface area contributed by atoms with Gasteiger partial charge in [0, 0.05) is 5.02 Å². The number of carbonyl (C=O) groups is 1. The zero-order chi connectivity index (χ0) is 16.8. The molecular weight excluding hydrogens is 333 g/mol. The van der Waals surface area contributed by atoms with Crippen molar-refractivity contribution in [3.05, 3.63) is 69.2 Å². The molecule has 0 spiro atoms. The van der Waals surface area contributed by atoms with E-state index in [0.717, 1.165) is 0 Å². The maximum Gasteiger partial charge on any atom is 0.266 e. The molecule has 1 N–H and O–H groups in total. The largest absolute Gasteiger partial charge is 0.320 e. The number of anilines is 1. The molecule has 2 aromatic carbocycles. The van der Waals surface area contributed by atoms with Crippen LogP contribution in [0.4, 0.5) is 5.69 Å². The number of benzene rings is 2. The molecule has 0 heterocycles. The maximum atomic E-state index is 12.2. The van der Waals surface area contributed by atoms with Crippen LogP contribution in [0.15, 0.2) is 48.0 Å². The van der Waals surface area contributed by atoms with Crippen LogP contribution in [0.1, 0.15) is 11.1 Å². The number of nitrogens with one attached hydrogen (secondary N) is 1. The smallest absolute Gasteiger partial charge is 0.266 e. The van der Waals surface area contributed by atoms with Crippen LogP contribution in [-0.2, 0) is 4.79 Å². The van der Waals surface area contributed by atoms with E-state index in [0.29, 0.717) is 26.9 Å². The normalized spacial score (nSPS) is 10.5. The van der Waals surface area contributed by atoms with Crippen LogP contribution < -0.4 is 5.32 Å². The predicted molar refractivity (Wildman–Crippen MR) is 89.8 cm³/mol. The third-order valence-corrected chi connectivity index (χ3v) is 3.46. The van der Waals surface area contributed by atoms with Crippen LogP contribution in [0.3, 0.4) is 0 Å². The lowest BCUT2D eigenvalue weighted by atomic mass is 10.1. The summed E-state index contributed by atoms with van der Waals surface area (Å²) in [6.07, 6.45) is 1.43. The first-order valence-corrected chi connectivity index (χ1v) is 7.17. The minimum atomic E-state index is -0.596. The number of hydrogen-bond acceptors (Lipinski definition) is 3. The molecule has 2 aromatic rings. The summed E-state index contributed by atoms with van der Waals surface area (Å²) in [5.41, 5.74) is 1.36. The second-order valence-corrected chi connectivity index (χ2v) is 5.33. The van der Waals surface area contributed by atoms with Crippen LogP contribution in [-0.4, -0.2) is 5.91 Å². The Kier molecular flexibility index (Phi) is 5.38. The van der Waals surface area contributed by atoms with Crippen molar-refractivity contribution >= 4 is 40.9 Å². The van der Waals surface area contributed by atoms with E-state index in [1.54, 1.807) is 36.4 Å². The van der Waals surface area contributed by atoms with Gasteiger partial charge in [-0.1, -0.05) is 35.3 Å². The number of halogens is 2. The number of rotatable bonds is 3. The van der Waals surface area contributed by atoms with E-state index in [9.17, 15) is 4.79 Å². The van der Waals surface area contributed by atoms with Gasteiger partial charge in [0.05, 0.1) is 22.3 Å². The summed E-state index contributed by atoms with van der Waals surface area (Å²) in [5.74, 6) is -0.596. The molecule has 0 aliphatic rings. The number of nitriles is 2. The second kappa shape index (κ2) is 7.47. The SMILES string of the molecule is N#C/C(=C\c1ccc(C#N)cc1)C(=O)Nc1cc(Cl)ccc1Cl. The molecule has 0 radical (unpaired) electrons. The van der Waals surface area contributed by atoms with Crippen LogP contribution in [0.5, 0.6) is 0 Å². The van der Waals surface area contributed by atoms with Crippen molar-refractivity contribution in [3.8, 4) is 12.1 Å². The summed E-state index contributed by atoms with van der Waals surface area (Å²) in [5, 5.41) is 21.2. The first-order valence-electron chi connectivity index (χ1n) is 6.42. The summed E-state index contributed by atoms with van der Waals surface area (Å²) in [7, 11) is 0. The molecule has 0 atom stereocenters. The summed E-state index contributed by atoms with van der Waals surface area (Å²) in [4.78, 5) is 12.2. The molecule has 23 heavy (non-hydrogen) atoms. The van der Waals surface area contributed by atoms with Crippen molar-refractivity contribution in [2.24, 2.45) is 0 Å². The first kappa shape index (κ1) is 16.6. The average Bonchev–Trinajstić information content (AvgIpc) is 2.56. The number of hydrogen-bond donors (Lipinski definition) is 1. The quantitative estimate of drug-likeness (QED) is 0.663. The Labute approximate surface area is 143 Å². The highest BCUT2D eigenvalue weighted by Crippen LogP contribution is 2.26. The van der Waals surface area contributed by atoms with Gasteiger partial charge in [0.25, 0.3) is 5.91 Å². The van der Waals surface area contributed by atoms with Gasteiger partial charge in [-0.25, -0.2) is 0 Å². The molecule has 0 saturated carbocycles. The zero-order valence-corrected chi connectivity index (χ0v) is 13.2. The highest BCUT2D eigenvalue weighted by molar-refractivity contribution is 6.36. The van der Waals surface area contributed by atoms with E-state index in [1.165, 1.54) is 12.1 Å². The van der Waals surface area contributed by atoms with Gasteiger partial charge in [0.2, 0.25) is 0 Å². The van der Waals surface area contributed by atoms with Crippen LogP contribution in [0, 0.1) is 22.7 Å². The van der Waals surface area contributed by atoms with Gasteiger partial charge in [0.15, 0.2) is 0 Å². The van der Waals surface area contributed by atoms with E-state index in [2.05, 4.69) is 5.32 Å². The molecule has 0 saturated heterocycles. The Balaban J connectivity index is 2.24. The van der Waals surface area contributed by atoms with Gasteiger partial charge in [-0.2, -0.15) is 10.5 Å². The third kappa shape index (κ3) is 4.34. The lowest BCUT2D eigenvalue weighted by Gasteiger charge is -2.07. The average molecular weight is 342 g/mol. The van der Waals surface area contributed by atoms with Gasteiger partial charge in [-0.3, -0.25) is 4.79 Å². The molecule has 0 aliphatic heterocycles. The highest BCUT2D eigenvalue weighted by atomic mass is 35.5. The molecule has 0 aliphatic carbocycles. The van der Waals surface area contributed by atoms with E-state index in [-0.39, 0.29) is 5.57 Å². The molecule has 0 aromatic heterocycles. The summed E-state index contributed by atoms with van der Waals surface area (Å²) in [6, 6.07) is 15.0. The first-order chi connectivity index (χ1) is 11.0. The minimum absolute atomic E-state index is 0.0919. The van der Waals surface area contributed by atoms with Crippen molar-refractivity contribution in [2.45, 2.75) is 0 Å². The molecule has 6 heteroatoms. The van der Waals surface area contributed by atoms with Gasteiger partial charge in [0.1, 0.15) is 11.6 Å². The molecular formula is C17H9Cl2N3O. The maximum absolute atomic E-state index is 12.2. The summed E-state index contributed by atoms with van der Waals surface area (Å²) < 4.78 is 0. The Morgan fingerprint density at radius 1 is 1.09 bits per heavy atom. The molecule has 1 amide bonds. The molecule has 0 fully saturated rings. The number of carbonyl (C=O) groups excluding carboxylic acids is 1. The second-order valence-electron chi connectivity index (χ2n) is 4.48. The van der Waals surface area contributed by atoms with Gasteiger partial charge in [-0.15, -0.1) is 0 Å². The monoisotopic (exact) mass is 341 g/mol. The molecule has 112 valence electrons. The van der Waals surface area contributed by atoms with E-state index in [1.807, 2.05) is 12.1 Å². The summed E-state index contributed by atoms with van der Waals surface area (Å²) in [6.45, 7) is 0. The lowest BCUT2D eigenvalue weighted by Crippen LogP contribution is -2.13. The zero-order valence-electron chi connectivity index (χ0n) is 11.7. The molecule has 2 rings (SSSR count). The van der Waals surface area contributed by atoms with Crippen molar-refractivity contribution in [1.82, 2.24) is 0 Å². The Bertz CT molecular complexity index is 859. The predicted octanol–water partition coefficient (Wildman–Crippen LogP) is 4.41. The fourth-order valence-corrected chi connectivity index (χ4v) is 2.09. The Morgan fingerprint density at radius 2 is 1.78 bits per heavy atom. The van der Waals surface area contributed by atoms with Crippen LogP contribution in [0.2, 0.25) is 10.0 Å². The summed E-state index contributed by atoms with van der Waals surface area (Å²) >= 11 is 11.8. The lowest BCUT2D eigenvalue weighted by molar-refractivity contribution is -0.112. The van der Waals surface area contributed by atoms with Gasteiger partial charge >= 0.3 is 0 Å². The standard InChI is InChI=1S/C17H9Cl2N3O/c18-14-5-6-15(19)16(8-14)22-17(23)13(10-21)7-11-1-3-12(9-20)4-2-11/h1-8H,(H,22,23)/b13-7+. The number of amides is 1. The molecule has 0 unspecified atom stereocenters. The Hall–Kier alpha value is -2.79. The van der Waals surface area contributed by atoms with E-state index in [4.69, 9.17) is 33.7 Å². The van der Waals surface area contributed by atoms with Crippen molar-refractivity contribution in [3.63, 3.8) is 0 Å². The van der Waals surface area contributed by atoms with E-state index >= 15 is 0 Å². The fraction of sp³-hybridized carbons (Fsp3) is 0. The van der Waals surface area contributed by atoms with Crippen LogP contribution >= 0.6 is 23.2 Å². The minimum Gasteiger partial charge on any atom is -0.320 e. The molecule has 0 bridgehead atoms. The van der Waals surface area contributed by atoms with E-state index < -0.39 is 5.91 Å². The molecule has 4 nitrogen and oxygen atoms in total. The highest BCUT2D eigenvalue weighted by Gasteiger charge is 2.12. The fourth-order valence-electron chi connectivity index (χ4n) is 1.75. The third-order valence-electron chi connectivity index (χ3n) is 2.89.